The molecule has 0 unspecified atom stereocenters. The van der Waals surface area contributed by atoms with Crippen LogP contribution in [0, 0.1) is 0 Å². The molecule has 4 nitrogen and oxygen atoms in total. The third-order valence-corrected chi connectivity index (χ3v) is 2.64. The van der Waals surface area contributed by atoms with Crippen LogP contribution in [0.3, 0.4) is 0 Å². The van der Waals surface area contributed by atoms with Gasteiger partial charge >= 0.3 is 0 Å². The Balaban J connectivity index is 2.23. The van der Waals surface area contributed by atoms with Gasteiger partial charge in [0.1, 0.15) is 0 Å². The van der Waals surface area contributed by atoms with Crippen molar-refractivity contribution in [3.8, 4) is 11.5 Å². The lowest BCUT2D eigenvalue weighted by Gasteiger charge is -2.09. The lowest BCUT2D eigenvalue weighted by atomic mass is 10.2. The second-order valence-electron chi connectivity index (χ2n) is 4.38. The Morgan fingerprint density at radius 3 is 2.79 bits per heavy atom. The molecule has 0 spiro atoms. The minimum absolute atomic E-state index is 0.193. The van der Waals surface area contributed by atoms with Crippen molar-refractivity contribution in [1.82, 2.24) is 5.32 Å². The largest absolute Gasteiger partial charge is 0.504 e. The van der Waals surface area contributed by atoms with Crippen LogP contribution in [0.25, 0.3) is 0 Å². The number of hydrogen-bond acceptors (Lipinski definition) is 4. The first-order valence-corrected chi connectivity index (χ1v) is 7.01. The molecule has 0 amide bonds. The van der Waals surface area contributed by atoms with E-state index in [0.29, 0.717) is 12.4 Å². The maximum atomic E-state index is 9.60. The van der Waals surface area contributed by atoms with Crippen LogP contribution >= 0.6 is 0 Å². The molecule has 0 bridgehead atoms. The Morgan fingerprint density at radius 2 is 2.05 bits per heavy atom. The number of phenolic OH excluding ortho intramolecular Hbond substituents is 1. The molecule has 19 heavy (non-hydrogen) atoms. The third kappa shape index (κ3) is 6.45. The summed E-state index contributed by atoms with van der Waals surface area (Å²) in [5.41, 5.74) is 1.11. The molecular formula is C15H25NO3. The zero-order valence-corrected chi connectivity index (χ0v) is 11.9. The topological polar surface area (TPSA) is 50.7 Å². The molecule has 1 aromatic carbocycles. The lowest BCUT2D eigenvalue weighted by molar-refractivity contribution is 0.132. The number of ether oxygens (including phenoxy) is 2. The van der Waals surface area contributed by atoms with Gasteiger partial charge in [-0.15, -0.1) is 0 Å². The van der Waals surface area contributed by atoms with Gasteiger partial charge in [0.2, 0.25) is 0 Å². The van der Waals surface area contributed by atoms with Crippen molar-refractivity contribution in [2.45, 2.75) is 33.2 Å². The number of benzene rings is 1. The van der Waals surface area contributed by atoms with E-state index in [1.54, 1.807) is 6.07 Å². The van der Waals surface area contributed by atoms with Gasteiger partial charge in [-0.1, -0.05) is 13.0 Å². The highest BCUT2D eigenvalue weighted by atomic mass is 16.5. The molecule has 0 aliphatic heterocycles. The summed E-state index contributed by atoms with van der Waals surface area (Å²) in [6.07, 6.45) is 2.08. The van der Waals surface area contributed by atoms with Crippen molar-refractivity contribution in [3.05, 3.63) is 23.8 Å². The van der Waals surface area contributed by atoms with Gasteiger partial charge in [0.15, 0.2) is 11.5 Å². The highest BCUT2D eigenvalue weighted by Gasteiger charge is 2.03. The summed E-state index contributed by atoms with van der Waals surface area (Å²) in [7, 11) is 0. The molecular weight excluding hydrogens is 242 g/mol. The summed E-state index contributed by atoms with van der Waals surface area (Å²) >= 11 is 0. The van der Waals surface area contributed by atoms with E-state index in [2.05, 4.69) is 12.2 Å². The van der Waals surface area contributed by atoms with Crippen LogP contribution in [-0.2, 0) is 11.3 Å². The van der Waals surface area contributed by atoms with Crippen LogP contribution in [0.4, 0.5) is 0 Å². The average molecular weight is 267 g/mol. The lowest BCUT2D eigenvalue weighted by Crippen LogP contribution is -2.16. The number of nitrogens with one attached hydrogen (secondary N) is 1. The van der Waals surface area contributed by atoms with Crippen LogP contribution in [-0.4, -0.2) is 31.5 Å². The zero-order valence-electron chi connectivity index (χ0n) is 11.9. The molecule has 0 atom stereocenters. The minimum Gasteiger partial charge on any atom is -0.504 e. The molecule has 4 heteroatoms. The Labute approximate surface area is 115 Å². The molecule has 0 saturated carbocycles. The molecule has 2 N–H and O–H groups in total. The van der Waals surface area contributed by atoms with Crippen molar-refractivity contribution in [2.24, 2.45) is 0 Å². The minimum atomic E-state index is 0.193. The fourth-order valence-electron chi connectivity index (χ4n) is 1.72. The van der Waals surface area contributed by atoms with E-state index >= 15 is 0 Å². The van der Waals surface area contributed by atoms with Crippen molar-refractivity contribution in [3.63, 3.8) is 0 Å². The van der Waals surface area contributed by atoms with Gasteiger partial charge in [-0.25, -0.2) is 0 Å². The van der Waals surface area contributed by atoms with Crippen LogP contribution in [0.5, 0.6) is 11.5 Å². The molecule has 0 aliphatic carbocycles. The van der Waals surface area contributed by atoms with Crippen LogP contribution < -0.4 is 10.1 Å². The van der Waals surface area contributed by atoms with E-state index in [9.17, 15) is 5.11 Å². The van der Waals surface area contributed by atoms with E-state index in [-0.39, 0.29) is 5.75 Å². The first-order chi connectivity index (χ1) is 9.27. The molecule has 0 fully saturated rings. The number of hydrogen-bond donors (Lipinski definition) is 2. The Bertz CT molecular complexity index is 355. The van der Waals surface area contributed by atoms with Crippen LogP contribution in [0.2, 0.25) is 0 Å². The quantitative estimate of drug-likeness (QED) is 0.640. The number of rotatable bonds is 10. The highest BCUT2D eigenvalue weighted by molar-refractivity contribution is 5.41. The Hall–Kier alpha value is -1.26. The average Bonchev–Trinajstić information content (AvgIpc) is 2.41. The molecule has 1 rings (SSSR count). The second-order valence-corrected chi connectivity index (χ2v) is 4.38. The van der Waals surface area contributed by atoms with Gasteiger partial charge in [0.25, 0.3) is 0 Å². The van der Waals surface area contributed by atoms with E-state index < -0.39 is 0 Å². The maximum Gasteiger partial charge on any atom is 0.161 e. The van der Waals surface area contributed by atoms with Crippen molar-refractivity contribution in [2.75, 3.05) is 26.4 Å². The molecule has 0 aliphatic rings. The Morgan fingerprint density at radius 1 is 1.21 bits per heavy atom. The zero-order chi connectivity index (χ0) is 13.9. The van der Waals surface area contributed by atoms with Gasteiger partial charge in [-0.2, -0.15) is 0 Å². The van der Waals surface area contributed by atoms with Gasteiger partial charge in [-0.05, 0) is 44.0 Å². The number of phenols is 1. The standard InChI is InChI=1S/C15H25NO3/c1-3-9-18-10-5-8-16-12-13-6-7-14(17)15(11-13)19-4-2/h6-7,11,16-17H,3-5,8-10,12H2,1-2H3. The summed E-state index contributed by atoms with van der Waals surface area (Å²) in [5, 5.41) is 12.9. The first-order valence-electron chi connectivity index (χ1n) is 7.01. The summed E-state index contributed by atoms with van der Waals surface area (Å²) in [5.74, 6) is 0.742. The molecule has 0 heterocycles. The third-order valence-electron chi connectivity index (χ3n) is 2.64. The van der Waals surface area contributed by atoms with Crippen molar-refractivity contribution >= 4 is 0 Å². The summed E-state index contributed by atoms with van der Waals surface area (Å²) in [6.45, 7) is 7.91. The molecule has 0 aromatic heterocycles. The van der Waals surface area contributed by atoms with Gasteiger partial charge < -0.3 is 19.9 Å². The summed E-state index contributed by atoms with van der Waals surface area (Å²) < 4.78 is 10.8. The van der Waals surface area contributed by atoms with Gasteiger partial charge in [0, 0.05) is 19.8 Å². The van der Waals surface area contributed by atoms with Crippen molar-refractivity contribution in [1.29, 1.82) is 0 Å². The fourth-order valence-corrected chi connectivity index (χ4v) is 1.72. The smallest absolute Gasteiger partial charge is 0.161 e. The van der Waals surface area contributed by atoms with E-state index in [0.717, 1.165) is 44.7 Å². The van der Waals surface area contributed by atoms with Gasteiger partial charge in [-0.3, -0.25) is 0 Å². The maximum absolute atomic E-state index is 9.60. The van der Waals surface area contributed by atoms with Gasteiger partial charge in [0.05, 0.1) is 6.61 Å². The fraction of sp³-hybridized carbons (Fsp3) is 0.600. The van der Waals surface area contributed by atoms with Crippen LogP contribution in [0.1, 0.15) is 32.3 Å². The van der Waals surface area contributed by atoms with Crippen LogP contribution in [0.15, 0.2) is 18.2 Å². The van der Waals surface area contributed by atoms with E-state index in [1.165, 1.54) is 0 Å². The van der Waals surface area contributed by atoms with Crippen molar-refractivity contribution < 1.29 is 14.6 Å². The molecule has 0 saturated heterocycles. The van der Waals surface area contributed by atoms with E-state index in [1.807, 2.05) is 19.1 Å². The Kier molecular flexibility index (Phi) is 8.02. The van der Waals surface area contributed by atoms with E-state index in [4.69, 9.17) is 9.47 Å². The predicted octanol–water partition coefficient (Wildman–Crippen LogP) is 2.70. The number of aromatic hydroxyl groups is 1. The highest BCUT2D eigenvalue weighted by Crippen LogP contribution is 2.26. The molecule has 108 valence electrons. The summed E-state index contributed by atoms with van der Waals surface area (Å²) in [4.78, 5) is 0. The first kappa shape index (κ1) is 15.8. The normalized spacial score (nSPS) is 10.6. The molecule has 1 aromatic rings. The summed E-state index contributed by atoms with van der Waals surface area (Å²) in [6, 6.07) is 5.45. The molecule has 0 radical (unpaired) electrons. The SMILES string of the molecule is CCCOCCCNCc1ccc(O)c(OCC)c1. The monoisotopic (exact) mass is 267 g/mol. The second kappa shape index (κ2) is 9.64. The predicted molar refractivity (Wildman–Crippen MR) is 76.7 cm³/mol.